The first-order valence-electron chi connectivity index (χ1n) is 9.35. The first-order chi connectivity index (χ1) is 11.5. The fraction of sp³-hybridized carbons (Fsp3) is 0.714. The van der Waals surface area contributed by atoms with Crippen molar-refractivity contribution < 1.29 is 14.9 Å². The molecule has 1 fully saturated rings. The number of allylic oxidation sites excluding steroid dienone is 3. The molecule has 0 amide bonds. The molecule has 0 aromatic rings. The summed E-state index contributed by atoms with van der Waals surface area (Å²) in [6, 6.07) is 0. The van der Waals surface area contributed by atoms with Crippen LogP contribution in [0, 0.1) is 11.8 Å². The SMILES string of the molecule is C=CCC1=CC(OC)C(O)C=C1.CC(C)CCC1CCC(O)CC1. The quantitative estimate of drug-likeness (QED) is 0.706. The van der Waals surface area contributed by atoms with Crippen molar-refractivity contribution in [2.75, 3.05) is 7.11 Å². The molecular weight excluding hydrogens is 300 g/mol. The lowest BCUT2D eigenvalue weighted by Gasteiger charge is -2.25. The van der Waals surface area contributed by atoms with E-state index in [0.717, 1.165) is 36.7 Å². The van der Waals surface area contributed by atoms with E-state index in [-0.39, 0.29) is 12.2 Å². The topological polar surface area (TPSA) is 49.7 Å². The summed E-state index contributed by atoms with van der Waals surface area (Å²) in [6.45, 7) is 8.23. The minimum absolute atomic E-state index is 0.0142. The molecule has 3 heteroatoms. The lowest BCUT2D eigenvalue weighted by Crippen LogP contribution is -2.26. The van der Waals surface area contributed by atoms with Crippen molar-refractivity contribution in [2.45, 2.75) is 77.1 Å². The van der Waals surface area contributed by atoms with E-state index >= 15 is 0 Å². The zero-order valence-corrected chi connectivity index (χ0v) is 15.7. The van der Waals surface area contributed by atoms with Crippen molar-refractivity contribution in [2.24, 2.45) is 11.8 Å². The normalized spacial score (nSPS) is 29.7. The van der Waals surface area contributed by atoms with Crippen LogP contribution in [0.15, 0.2) is 36.5 Å². The molecule has 24 heavy (non-hydrogen) atoms. The Kier molecular flexibility index (Phi) is 10.2. The van der Waals surface area contributed by atoms with Crippen molar-refractivity contribution in [3.8, 4) is 0 Å². The van der Waals surface area contributed by atoms with Crippen molar-refractivity contribution in [3.05, 3.63) is 36.5 Å². The number of hydrogen-bond donors (Lipinski definition) is 2. The van der Waals surface area contributed by atoms with Crippen LogP contribution < -0.4 is 0 Å². The van der Waals surface area contributed by atoms with Gasteiger partial charge in [0.15, 0.2) is 0 Å². The number of aliphatic hydroxyl groups excluding tert-OH is 2. The van der Waals surface area contributed by atoms with E-state index in [1.54, 1.807) is 13.2 Å². The third kappa shape index (κ3) is 8.27. The number of rotatable bonds is 6. The zero-order valence-electron chi connectivity index (χ0n) is 15.7. The van der Waals surface area contributed by atoms with Crippen LogP contribution in [-0.4, -0.2) is 35.6 Å². The van der Waals surface area contributed by atoms with Crippen molar-refractivity contribution in [1.82, 2.24) is 0 Å². The van der Waals surface area contributed by atoms with Crippen molar-refractivity contribution in [1.29, 1.82) is 0 Å². The Morgan fingerprint density at radius 3 is 2.46 bits per heavy atom. The van der Waals surface area contributed by atoms with Gasteiger partial charge < -0.3 is 14.9 Å². The summed E-state index contributed by atoms with van der Waals surface area (Å²) in [4.78, 5) is 0. The highest BCUT2D eigenvalue weighted by Gasteiger charge is 2.19. The van der Waals surface area contributed by atoms with Gasteiger partial charge in [0.25, 0.3) is 0 Å². The van der Waals surface area contributed by atoms with Crippen molar-refractivity contribution >= 4 is 0 Å². The fourth-order valence-corrected chi connectivity index (χ4v) is 3.21. The molecule has 2 rings (SSSR count). The Bertz CT molecular complexity index is 403. The summed E-state index contributed by atoms with van der Waals surface area (Å²) in [5, 5.41) is 18.7. The Hall–Kier alpha value is -0.900. The average molecular weight is 337 g/mol. The van der Waals surface area contributed by atoms with E-state index in [1.165, 1.54) is 25.7 Å². The van der Waals surface area contributed by atoms with Gasteiger partial charge in [0.05, 0.1) is 6.10 Å². The van der Waals surface area contributed by atoms with Crippen LogP contribution in [0.5, 0.6) is 0 Å². The summed E-state index contributed by atoms with van der Waals surface area (Å²) >= 11 is 0. The molecule has 0 heterocycles. The zero-order chi connectivity index (χ0) is 17.9. The monoisotopic (exact) mass is 336 g/mol. The molecule has 138 valence electrons. The van der Waals surface area contributed by atoms with Crippen LogP contribution in [0.4, 0.5) is 0 Å². The summed E-state index contributed by atoms with van der Waals surface area (Å²) in [5.41, 5.74) is 1.14. The highest BCUT2D eigenvalue weighted by molar-refractivity contribution is 5.28. The maximum Gasteiger partial charge on any atom is 0.105 e. The lowest BCUT2D eigenvalue weighted by molar-refractivity contribution is 0.0409. The maximum atomic E-state index is 9.37. The second kappa shape index (κ2) is 11.6. The summed E-state index contributed by atoms with van der Waals surface area (Å²) in [7, 11) is 1.59. The summed E-state index contributed by atoms with van der Waals surface area (Å²) in [5.74, 6) is 1.76. The highest BCUT2D eigenvalue weighted by atomic mass is 16.5. The molecule has 0 radical (unpaired) electrons. The van der Waals surface area contributed by atoms with Gasteiger partial charge in [0.1, 0.15) is 12.2 Å². The van der Waals surface area contributed by atoms with Gasteiger partial charge >= 0.3 is 0 Å². The molecule has 2 atom stereocenters. The Balaban J connectivity index is 0.000000240. The van der Waals surface area contributed by atoms with E-state index < -0.39 is 6.10 Å². The first kappa shape index (κ1) is 21.1. The predicted octanol–water partition coefficient (Wildman–Crippen LogP) is 4.41. The largest absolute Gasteiger partial charge is 0.393 e. The molecule has 2 aliphatic carbocycles. The number of aliphatic hydroxyl groups is 2. The van der Waals surface area contributed by atoms with Gasteiger partial charge in [-0.1, -0.05) is 44.9 Å². The van der Waals surface area contributed by atoms with Crippen LogP contribution in [-0.2, 0) is 4.74 Å². The Labute approximate surface area is 148 Å². The predicted molar refractivity (Wildman–Crippen MR) is 101 cm³/mol. The van der Waals surface area contributed by atoms with E-state index in [0.29, 0.717) is 0 Å². The molecular formula is C21H36O3. The van der Waals surface area contributed by atoms with Gasteiger partial charge in [-0.3, -0.25) is 0 Å². The van der Waals surface area contributed by atoms with Gasteiger partial charge in [-0.2, -0.15) is 0 Å². The minimum atomic E-state index is -0.511. The first-order valence-corrected chi connectivity index (χ1v) is 9.35. The molecule has 0 spiro atoms. The van der Waals surface area contributed by atoms with E-state index in [9.17, 15) is 10.2 Å². The molecule has 0 bridgehead atoms. The third-order valence-electron chi connectivity index (χ3n) is 4.84. The molecule has 2 unspecified atom stereocenters. The second-order valence-corrected chi connectivity index (χ2v) is 7.43. The van der Waals surface area contributed by atoms with E-state index in [1.807, 2.05) is 18.2 Å². The maximum absolute atomic E-state index is 9.37. The average Bonchev–Trinajstić information content (AvgIpc) is 2.57. The van der Waals surface area contributed by atoms with Gasteiger partial charge in [-0.05, 0) is 55.6 Å². The molecule has 0 aromatic heterocycles. The van der Waals surface area contributed by atoms with E-state index in [2.05, 4.69) is 20.4 Å². The standard InChI is InChI=1S/C11H22O.C10H14O2/c1-9(2)3-4-10-5-7-11(12)8-6-10;1-3-4-8-5-6-9(11)10(7-8)12-2/h9-12H,3-8H2,1-2H3;3,5-7,9-11H,1,4H2,2H3. The van der Waals surface area contributed by atoms with Crippen LogP contribution in [0.25, 0.3) is 0 Å². The van der Waals surface area contributed by atoms with Crippen LogP contribution in [0.1, 0.15) is 58.8 Å². The fourth-order valence-electron chi connectivity index (χ4n) is 3.21. The number of hydrogen-bond acceptors (Lipinski definition) is 3. The van der Waals surface area contributed by atoms with E-state index in [4.69, 9.17) is 4.74 Å². The second-order valence-electron chi connectivity index (χ2n) is 7.43. The molecule has 0 saturated heterocycles. The molecule has 3 nitrogen and oxygen atoms in total. The Morgan fingerprint density at radius 2 is 1.92 bits per heavy atom. The molecule has 0 aliphatic heterocycles. The number of methoxy groups -OCH3 is 1. The van der Waals surface area contributed by atoms with Gasteiger partial charge in [0.2, 0.25) is 0 Å². The van der Waals surface area contributed by atoms with Gasteiger partial charge in [-0.25, -0.2) is 0 Å². The molecule has 0 aromatic carbocycles. The van der Waals surface area contributed by atoms with Gasteiger partial charge in [0, 0.05) is 7.11 Å². The molecule has 2 N–H and O–H groups in total. The summed E-state index contributed by atoms with van der Waals surface area (Å²) < 4.78 is 5.07. The molecule has 2 aliphatic rings. The van der Waals surface area contributed by atoms with Gasteiger partial charge in [-0.15, -0.1) is 6.58 Å². The Morgan fingerprint density at radius 1 is 1.25 bits per heavy atom. The van der Waals surface area contributed by atoms with Crippen LogP contribution in [0.2, 0.25) is 0 Å². The molecule has 1 saturated carbocycles. The number of ether oxygens (including phenoxy) is 1. The van der Waals surface area contributed by atoms with Crippen LogP contribution in [0.3, 0.4) is 0 Å². The highest BCUT2D eigenvalue weighted by Crippen LogP contribution is 2.28. The van der Waals surface area contributed by atoms with Crippen LogP contribution >= 0.6 is 0 Å². The third-order valence-corrected chi connectivity index (χ3v) is 4.84. The lowest BCUT2D eigenvalue weighted by atomic mass is 9.83. The summed E-state index contributed by atoms with van der Waals surface area (Å²) in [6.07, 6.45) is 14.9. The van der Waals surface area contributed by atoms with Crippen molar-refractivity contribution in [3.63, 3.8) is 0 Å². The smallest absolute Gasteiger partial charge is 0.105 e. The minimum Gasteiger partial charge on any atom is -0.393 e.